The second-order valence-electron chi connectivity index (χ2n) is 4.60. The number of anilines is 2. The number of para-hydroxylation sites is 1. The zero-order valence-corrected chi connectivity index (χ0v) is 13.0. The van der Waals surface area contributed by atoms with Crippen LogP contribution in [0.25, 0.3) is 0 Å². The second-order valence-corrected chi connectivity index (χ2v) is 6.15. The molecule has 0 spiro atoms. The van der Waals surface area contributed by atoms with Crippen LogP contribution in [0.5, 0.6) is 0 Å². The monoisotopic (exact) mass is 298 g/mol. The third-order valence-corrected chi connectivity index (χ3v) is 3.65. The molecule has 1 aromatic carbocycles. The van der Waals surface area contributed by atoms with Crippen LogP contribution in [0.3, 0.4) is 0 Å². The van der Waals surface area contributed by atoms with Crippen LogP contribution in [-0.2, 0) is 15.5 Å². The standard InChI is InChI=1S/C14H22N2O3S/c1-4-19-14(17)11-6-5-7-12(13(11)15)16-10(2)8-9-20(3)18/h5-7,10,16H,4,8-9,15H2,1-3H3. The average molecular weight is 298 g/mol. The Morgan fingerprint density at radius 3 is 2.80 bits per heavy atom. The molecule has 1 aromatic rings. The Kier molecular flexibility index (Phi) is 6.51. The van der Waals surface area contributed by atoms with E-state index in [1.54, 1.807) is 25.3 Å². The van der Waals surface area contributed by atoms with Gasteiger partial charge >= 0.3 is 5.97 Å². The molecule has 0 bridgehead atoms. The van der Waals surface area contributed by atoms with E-state index >= 15 is 0 Å². The van der Waals surface area contributed by atoms with Gasteiger partial charge in [-0.3, -0.25) is 4.21 Å². The Morgan fingerprint density at radius 2 is 2.20 bits per heavy atom. The maximum Gasteiger partial charge on any atom is 0.340 e. The SMILES string of the molecule is CCOC(=O)c1cccc(NC(C)CCS(C)=O)c1N. The van der Waals surface area contributed by atoms with E-state index in [-0.39, 0.29) is 6.04 Å². The van der Waals surface area contributed by atoms with Crippen molar-refractivity contribution in [3.8, 4) is 0 Å². The van der Waals surface area contributed by atoms with Crippen LogP contribution in [0.2, 0.25) is 0 Å². The van der Waals surface area contributed by atoms with Crippen LogP contribution in [0, 0.1) is 0 Å². The number of carbonyl (C=O) groups is 1. The number of hydrogen-bond acceptors (Lipinski definition) is 5. The molecule has 0 heterocycles. The van der Waals surface area contributed by atoms with Gasteiger partial charge in [0.1, 0.15) is 0 Å². The highest BCUT2D eigenvalue weighted by molar-refractivity contribution is 7.84. The highest BCUT2D eigenvalue weighted by Crippen LogP contribution is 2.24. The van der Waals surface area contributed by atoms with Gasteiger partial charge in [0, 0.05) is 28.9 Å². The Hall–Kier alpha value is -1.56. The number of hydrogen-bond donors (Lipinski definition) is 2. The van der Waals surface area contributed by atoms with Gasteiger partial charge in [0.15, 0.2) is 0 Å². The third-order valence-electron chi connectivity index (χ3n) is 2.84. The van der Waals surface area contributed by atoms with Crippen LogP contribution >= 0.6 is 0 Å². The quantitative estimate of drug-likeness (QED) is 0.594. The molecule has 5 nitrogen and oxygen atoms in total. The first-order valence-corrected chi connectivity index (χ1v) is 8.30. The highest BCUT2D eigenvalue weighted by Gasteiger charge is 2.14. The normalized spacial score (nSPS) is 13.6. The summed E-state index contributed by atoms with van der Waals surface area (Å²) < 4.78 is 16.0. The molecule has 0 fully saturated rings. The summed E-state index contributed by atoms with van der Waals surface area (Å²) in [4.78, 5) is 11.7. The summed E-state index contributed by atoms with van der Waals surface area (Å²) in [6.07, 6.45) is 2.45. The average Bonchev–Trinajstić information content (AvgIpc) is 2.39. The lowest BCUT2D eigenvalue weighted by Crippen LogP contribution is -2.19. The predicted octanol–water partition coefficient (Wildman–Crippen LogP) is 2.01. The minimum atomic E-state index is -0.809. The Bertz CT molecular complexity index is 491. The molecule has 3 N–H and O–H groups in total. The Labute approximate surface area is 122 Å². The van der Waals surface area contributed by atoms with Crippen LogP contribution < -0.4 is 11.1 Å². The van der Waals surface area contributed by atoms with Crippen molar-refractivity contribution >= 4 is 28.1 Å². The minimum absolute atomic E-state index is 0.124. The first kappa shape index (κ1) is 16.5. The largest absolute Gasteiger partial charge is 0.462 e. The van der Waals surface area contributed by atoms with E-state index in [1.807, 2.05) is 13.0 Å². The predicted molar refractivity (Wildman–Crippen MR) is 83.4 cm³/mol. The van der Waals surface area contributed by atoms with E-state index in [2.05, 4.69) is 5.32 Å². The molecule has 2 unspecified atom stereocenters. The van der Waals surface area contributed by atoms with Crippen LogP contribution in [0.4, 0.5) is 11.4 Å². The number of benzene rings is 1. The van der Waals surface area contributed by atoms with Crippen molar-refractivity contribution in [2.45, 2.75) is 26.3 Å². The Balaban J connectivity index is 2.78. The molecular formula is C14H22N2O3S. The number of rotatable bonds is 7. The van der Waals surface area contributed by atoms with E-state index in [0.717, 1.165) is 6.42 Å². The van der Waals surface area contributed by atoms with Gasteiger partial charge in [0.2, 0.25) is 0 Å². The van der Waals surface area contributed by atoms with Crippen molar-refractivity contribution in [3.05, 3.63) is 23.8 Å². The molecular weight excluding hydrogens is 276 g/mol. The van der Waals surface area contributed by atoms with Crippen molar-refractivity contribution < 1.29 is 13.7 Å². The van der Waals surface area contributed by atoms with Gasteiger partial charge in [-0.1, -0.05) is 6.07 Å². The minimum Gasteiger partial charge on any atom is -0.462 e. The van der Waals surface area contributed by atoms with E-state index in [1.165, 1.54) is 0 Å². The number of esters is 1. The lowest BCUT2D eigenvalue weighted by molar-refractivity contribution is 0.0527. The molecule has 0 radical (unpaired) electrons. The molecule has 0 aliphatic rings. The summed E-state index contributed by atoms with van der Waals surface area (Å²) in [5, 5.41) is 3.24. The van der Waals surface area contributed by atoms with Gasteiger partial charge in [0.05, 0.1) is 23.5 Å². The highest BCUT2D eigenvalue weighted by atomic mass is 32.2. The van der Waals surface area contributed by atoms with E-state index in [0.29, 0.717) is 29.3 Å². The number of carbonyl (C=O) groups excluding carboxylic acids is 1. The summed E-state index contributed by atoms with van der Waals surface area (Å²) in [6, 6.07) is 5.34. The number of nitrogen functional groups attached to an aromatic ring is 1. The van der Waals surface area contributed by atoms with Crippen molar-refractivity contribution in [2.75, 3.05) is 29.7 Å². The first-order chi connectivity index (χ1) is 9.45. The van der Waals surface area contributed by atoms with Gasteiger partial charge in [-0.15, -0.1) is 0 Å². The van der Waals surface area contributed by atoms with Gasteiger partial charge in [-0.05, 0) is 32.4 Å². The maximum atomic E-state index is 11.7. The van der Waals surface area contributed by atoms with Gasteiger partial charge in [-0.25, -0.2) is 4.79 Å². The van der Waals surface area contributed by atoms with Gasteiger partial charge in [0.25, 0.3) is 0 Å². The molecule has 2 atom stereocenters. The number of ether oxygens (including phenoxy) is 1. The van der Waals surface area contributed by atoms with E-state index in [4.69, 9.17) is 10.5 Å². The summed E-state index contributed by atoms with van der Waals surface area (Å²) >= 11 is 0. The molecule has 0 aromatic heterocycles. The van der Waals surface area contributed by atoms with Crippen LogP contribution in [-0.4, -0.2) is 34.8 Å². The van der Waals surface area contributed by atoms with Crippen molar-refractivity contribution in [2.24, 2.45) is 0 Å². The van der Waals surface area contributed by atoms with Crippen molar-refractivity contribution in [1.82, 2.24) is 0 Å². The fraction of sp³-hybridized carbons (Fsp3) is 0.500. The summed E-state index contributed by atoms with van der Waals surface area (Å²) in [6.45, 7) is 4.06. The number of nitrogens with one attached hydrogen (secondary N) is 1. The smallest absolute Gasteiger partial charge is 0.340 e. The maximum absolute atomic E-state index is 11.7. The second kappa shape index (κ2) is 7.89. The fourth-order valence-electron chi connectivity index (χ4n) is 1.76. The van der Waals surface area contributed by atoms with Crippen LogP contribution in [0.15, 0.2) is 18.2 Å². The Morgan fingerprint density at radius 1 is 1.50 bits per heavy atom. The lowest BCUT2D eigenvalue weighted by Gasteiger charge is -2.17. The zero-order chi connectivity index (χ0) is 15.1. The lowest BCUT2D eigenvalue weighted by atomic mass is 10.1. The third kappa shape index (κ3) is 4.85. The molecule has 20 heavy (non-hydrogen) atoms. The first-order valence-electron chi connectivity index (χ1n) is 6.57. The van der Waals surface area contributed by atoms with Crippen LogP contribution in [0.1, 0.15) is 30.6 Å². The molecule has 0 amide bonds. The summed E-state index contributed by atoms with van der Waals surface area (Å²) in [7, 11) is -0.809. The molecule has 0 saturated heterocycles. The fourth-order valence-corrected chi connectivity index (χ4v) is 2.44. The van der Waals surface area contributed by atoms with Gasteiger partial charge < -0.3 is 15.8 Å². The zero-order valence-electron chi connectivity index (χ0n) is 12.1. The van der Waals surface area contributed by atoms with E-state index in [9.17, 15) is 9.00 Å². The summed E-state index contributed by atoms with van der Waals surface area (Å²) in [5.41, 5.74) is 7.44. The molecule has 112 valence electrons. The van der Waals surface area contributed by atoms with Gasteiger partial charge in [-0.2, -0.15) is 0 Å². The van der Waals surface area contributed by atoms with Crippen molar-refractivity contribution in [1.29, 1.82) is 0 Å². The molecule has 0 aliphatic carbocycles. The molecule has 0 saturated carbocycles. The summed E-state index contributed by atoms with van der Waals surface area (Å²) in [5.74, 6) is 0.210. The topological polar surface area (TPSA) is 81.4 Å². The molecule has 1 rings (SSSR count). The molecule has 0 aliphatic heterocycles. The van der Waals surface area contributed by atoms with E-state index < -0.39 is 16.8 Å². The van der Waals surface area contributed by atoms with Crippen molar-refractivity contribution in [3.63, 3.8) is 0 Å². The molecule has 6 heteroatoms. The number of nitrogens with two attached hydrogens (primary N) is 1.